The Balaban J connectivity index is 0.000000152. The smallest absolute Gasteiger partial charge is 0.223 e. The molecule has 0 atom stereocenters. The Morgan fingerprint density at radius 3 is 1.51 bits per heavy atom. The summed E-state index contributed by atoms with van der Waals surface area (Å²) in [5, 5.41) is 3.45. The zero-order valence-corrected chi connectivity index (χ0v) is 30.1. The first kappa shape index (κ1) is 36.6. The number of carbonyl (C=O) groups is 2. The first-order valence-corrected chi connectivity index (χ1v) is 17.1. The first-order chi connectivity index (χ1) is 25.7. The van der Waals surface area contributed by atoms with E-state index in [4.69, 9.17) is 21.1 Å². The first-order valence-electron chi connectivity index (χ1n) is 16.7. The van der Waals surface area contributed by atoms with Crippen LogP contribution >= 0.6 is 11.6 Å². The number of benzene rings is 2. The van der Waals surface area contributed by atoms with Crippen LogP contribution < -0.4 is 14.8 Å². The highest BCUT2D eigenvalue weighted by Gasteiger charge is 2.45. The van der Waals surface area contributed by atoms with E-state index in [1.807, 2.05) is 12.4 Å². The molecule has 0 amide bonds. The summed E-state index contributed by atoms with van der Waals surface area (Å²) in [4.78, 5) is 56.9. The lowest BCUT2D eigenvalue weighted by Crippen LogP contribution is -2.21. The molecule has 0 spiro atoms. The summed E-state index contributed by atoms with van der Waals surface area (Å²) in [5.41, 5.74) is 4.39. The van der Waals surface area contributed by atoms with Gasteiger partial charge >= 0.3 is 0 Å². The summed E-state index contributed by atoms with van der Waals surface area (Å²) in [6.45, 7) is 2.26. The van der Waals surface area contributed by atoms with Crippen molar-refractivity contribution in [2.24, 2.45) is 0 Å². The summed E-state index contributed by atoms with van der Waals surface area (Å²) < 4.78 is 10.2. The van der Waals surface area contributed by atoms with E-state index in [0.717, 1.165) is 18.4 Å². The Bertz CT molecular complexity index is 2150. The number of halogens is 1. The van der Waals surface area contributed by atoms with Gasteiger partial charge in [0.1, 0.15) is 24.2 Å². The van der Waals surface area contributed by atoms with Crippen molar-refractivity contribution in [1.29, 1.82) is 0 Å². The van der Waals surface area contributed by atoms with Gasteiger partial charge in [0.05, 0.1) is 30.9 Å². The third kappa shape index (κ3) is 9.37. The van der Waals surface area contributed by atoms with E-state index in [1.54, 1.807) is 81.5 Å². The third-order valence-electron chi connectivity index (χ3n) is 8.93. The summed E-state index contributed by atoms with van der Waals surface area (Å²) >= 11 is 5.56. The fourth-order valence-corrected chi connectivity index (χ4v) is 5.36. The number of rotatable bonds is 10. The molecule has 4 aromatic heterocycles. The Kier molecular flexibility index (Phi) is 11.3. The van der Waals surface area contributed by atoms with Crippen LogP contribution in [0.3, 0.4) is 0 Å². The number of carbonyl (C=O) groups excluding carboxylic acids is 2. The molecule has 13 nitrogen and oxygen atoms in total. The standard InChI is InChI=1S/C19H17N5O2.C12H9ClN2O2.C8H10N2/c1-26-16-4-2-3-13(7-16)17(25)14-8-22-18(23-9-14)24-19(5-6-19)15-10-20-12-21-11-15;1-17-10-4-2-3-8(5-10)11(16)9-6-14-12(13)15-7-9;1-8(2-3-8)7-4-9-6-10-5-7/h2-4,7-12H,5-6H2,1H3,(H,22,23,24);2-7H,1H3;4-6H,2-3H2,1H3. The average molecular weight is 730 g/mol. The molecule has 0 radical (unpaired) electrons. The molecule has 0 bridgehead atoms. The number of anilines is 1. The van der Waals surface area contributed by atoms with Gasteiger partial charge in [-0.25, -0.2) is 39.9 Å². The van der Waals surface area contributed by atoms with Crippen LogP contribution in [0, 0.1) is 0 Å². The van der Waals surface area contributed by atoms with Crippen LogP contribution in [-0.2, 0) is 11.0 Å². The summed E-state index contributed by atoms with van der Waals surface area (Å²) in [7, 11) is 3.12. The van der Waals surface area contributed by atoms with E-state index in [2.05, 4.69) is 52.1 Å². The molecule has 0 aliphatic heterocycles. The monoisotopic (exact) mass is 729 g/mol. The molecule has 0 unspecified atom stereocenters. The highest BCUT2D eigenvalue weighted by atomic mass is 35.5. The number of hydrogen-bond donors (Lipinski definition) is 1. The van der Waals surface area contributed by atoms with Gasteiger partial charge in [-0.05, 0) is 72.5 Å². The van der Waals surface area contributed by atoms with Crippen molar-refractivity contribution in [1.82, 2.24) is 39.9 Å². The van der Waals surface area contributed by atoms with E-state index in [0.29, 0.717) is 45.1 Å². The molecule has 268 valence electrons. The summed E-state index contributed by atoms with van der Waals surface area (Å²) in [5.74, 6) is 1.43. The second kappa shape index (κ2) is 16.4. The quantitative estimate of drug-likeness (QED) is 0.120. The maximum absolute atomic E-state index is 12.6. The van der Waals surface area contributed by atoms with Gasteiger partial charge in [-0.1, -0.05) is 31.2 Å². The minimum absolute atomic E-state index is 0.118. The molecule has 14 heteroatoms. The number of ketones is 2. The fourth-order valence-electron chi connectivity index (χ4n) is 5.26. The fraction of sp³-hybridized carbons (Fsp3) is 0.231. The van der Waals surface area contributed by atoms with Crippen molar-refractivity contribution in [2.45, 2.75) is 43.6 Å². The molecule has 8 rings (SSSR count). The van der Waals surface area contributed by atoms with Crippen LogP contribution in [0.2, 0.25) is 5.28 Å². The number of nitrogens with zero attached hydrogens (tertiary/aromatic N) is 8. The van der Waals surface area contributed by atoms with Crippen LogP contribution in [0.4, 0.5) is 5.95 Å². The second-order valence-electron chi connectivity index (χ2n) is 12.7. The van der Waals surface area contributed by atoms with Crippen molar-refractivity contribution in [3.63, 3.8) is 0 Å². The van der Waals surface area contributed by atoms with E-state index in [-0.39, 0.29) is 22.4 Å². The molecule has 4 heterocycles. The maximum Gasteiger partial charge on any atom is 0.223 e. The Morgan fingerprint density at radius 2 is 1.08 bits per heavy atom. The van der Waals surface area contributed by atoms with Crippen LogP contribution in [0.15, 0.2) is 111 Å². The van der Waals surface area contributed by atoms with Gasteiger partial charge in [-0.2, -0.15) is 0 Å². The number of ether oxygens (including phenoxy) is 2. The number of methoxy groups -OCH3 is 2. The van der Waals surface area contributed by atoms with Crippen LogP contribution in [-0.4, -0.2) is 65.7 Å². The summed E-state index contributed by atoms with van der Waals surface area (Å²) in [6, 6.07) is 13.9. The van der Waals surface area contributed by atoms with Crippen molar-refractivity contribution in [3.05, 3.63) is 149 Å². The highest BCUT2D eigenvalue weighted by molar-refractivity contribution is 6.28. The number of nitrogens with one attached hydrogen (secondary N) is 1. The molecule has 2 fully saturated rings. The second-order valence-corrected chi connectivity index (χ2v) is 13.0. The molecular formula is C39H36ClN9O4. The molecule has 6 aromatic rings. The molecule has 1 N–H and O–H groups in total. The molecule has 53 heavy (non-hydrogen) atoms. The van der Waals surface area contributed by atoms with Gasteiger partial charge < -0.3 is 14.8 Å². The summed E-state index contributed by atoms with van der Waals surface area (Å²) in [6.07, 6.45) is 20.9. The van der Waals surface area contributed by atoms with Gasteiger partial charge in [0.25, 0.3) is 0 Å². The Labute approximate surface area is 311 Å². The lowest BCUT2D eigenvalue weighted by molar-refractivity contribution is 0.103. The molecule has 2 aromatic carbocycles. The van der Waals surface area contributed by atoms with Crippen molar-refractivity contribution in [2.75, 3.05) is 19.5 Å². The molecular weight excluding hydrogens is 694 g/mol. The van der Waals surface area contributed by atoms with E-state index in [9.17, 15) is 9.59 Å². The van der Waals surface area contributed by atoms with Crippen LogP contribution in [0.1, 0.15) is 75.6 Å². The number of hydrogen-bond acceptors (Lipinski definition) is 13. The zero-order chi connectivity index (χ0) is 37.3. The Hall–Kier alpha value is -6.21. The molecule has 0 saturated heterocycles. The van der Waals surface area contributed by atoms with Gasteiger partial charge in [0, 0.05) is 66.3 Å². The predicted octanol–water partition coefficient (Wildman–Crippen LogP) is 6.51. The number of aromatic nitrogens is 8. The predicted molar refractivity (Wildman–Crippen MR) is 197 cm³/mol. The zero-order valence-electron chi connectivity index (χ0n) is 29.3. The van der Waals surface area contributed by atoms with Crippen molar-refractivity contribution >= 4 is 29.1 Å². The Morgan fingerprint density at radius 1 is 0.623 bits per heavy atom. The van der Waals surface area contributed by atoms with Gasteiger partial charge in [0.2, 0.25) is 11.2 Å². The van der Waals surface area contributed by atoms with E-state index in [1.165, 1.54) is 49.5 Å². The molecule has 2 aliphatic carbocycles. The molecule has 2 aliphatic rings. The normalized spacial score (nSPS) is 14.2. The lowest BCUT2D eigenvalue weighted by atomic mass is 10.0. The highest BCUT2D eigenvalue weighted by Crippen LogP contribution is 2.47. The van der Waals surface area contributed by atoms with E-state index >= 15 is 0 Å². The van der Waals surface area contributed by atoms with Crippen LogP contribution in [0.25, 0.3) is 0 Å². The minimum atomic E-state index is -0.209. The third-order valence-corrected chi connectivity index (χ3v) is 9.13. The van der Waals surface area contributed by atoms with Crippen molar-refractivity contribution < 1.29 is 19.1 Å². The van der Waals surface area contributed by atoms with Crippen LogP contribution in [0.5, 0.6) is 11.5 Å². The van der Waals surface area contributed by atoms with Gasteiger partial charge in [-0.3, -0.25) is 9.59 Å². The average Bonchev–Trinajstić information content (AvgIpc) is 4.17. The largest absolute Gasteiger partial charge is 0.497 e. The maximum atomic E-state index is 12.6. The SMILES string of the molecule is CC1(c2cncnc2)CC1.COc1cccc(C(=O)c2cnc(Cl)nc2)c1.COc1cccc(C(=O)c2cnc(NC3(c4cncnc4)CC3)nc2)c1. The molecule has 2 saturated carbocycles. The minimum Gasteiger partial charge on any atom is -0.497 e. The van der Waals surface area contributed by atoms with E-state index < -0.39 is 0 Å². The lowest BCUT2D eigenvalue weighted by Gasteiger charge is -2.16. The van der Waals surface area contributed by atoms with Gasteiger partial charge in [0.15, 0.2) is 11.6 Å². The topological polar surface area (TPSA) is 168 Å². The van der Waals surface area contributed by atoms with Crippen molar-refractivity contribution in [3.8, 4) is 11.5 Å². The van der Waals surface area contributed by atoms with Gasteiger partial charge in [-0.15, -0.1) is 0 Å².